The first-order valence-electron chi connectivity index (χ1n) is 7.91. The number of hydrogen-bond acceptors (Lipinski definition) is 4. The minimum atomic E-state index is -4.33. The van der Waals surface area contributed by atoms with Gasteiger partial charge in [-0.25, -0.2) is 9.67 Å². The summed E-state index contributed by atoms with van der Waals surface area (Å²) < 4.78 is 44.8. The standard InChI is InChI=1S/C16H19F3N4O/c17-16(18,19)13-3-5-14(6-4-13)23-15(20-12-21-23)2-1-7-22-8-10-24-11-9-22/h3-6,12H,1-2,7-11H2. The summed E-state index contributed by atoms with van der Waals surface area (Å²) in [6.07, 6.45) is -1.26. The van der Waals surface area contributed by atoms with Gasteiger partial charge in [0, 0.05) is 19.5 Å². The molecule has 0 saturated carbocycles. The summed E-state index contributed by atoms with van der Waals surface area (Å²) in [5.41, 5.74) is -0.0814. The highest BCUT2D eigenvalue weighted by Crippen LogP contribution is 2.29. The number of ether oxygens (including phenoxy) is 1. The van der Waals surface area contributed by atoms with Crippen LogP contribution in [0.5, 0.6) is 0 Å². The summed E-state index contributed by atoms with van der Waals surface area (Å²) in [5, 5.41) is 4.13. The van der Waals surface area contributed by atoms with E-state index >= 15 is 0 Å². The van der Waals surface area contributed by atoms with Crippen LogP contribution in [0.15, 0.2) is 30.6 Å². The minimum absolute atomic E-state index is 0.585. The quantitative estimate of drug-likeness (QED) is 0.839. The fraction of sp³-hybridized carbons (Fsp3) is 0.500. The van der Waals surface area contributed by atoms with Crippen molar-refractivity contribution in [2.75, 3.05) is 32.8 Å². The van der Waals surface area contributed by atoms with Crippen LogP contribution in [-0.4, -0.2) is 52.5 Å². The van der Waals surface area contributed by atoms with Gasteiger partial charge in [-0.05, 0) is 37.2 Å². The average molecular weight is 340 g/mol. The second-order valence-corrected chi connectivity index (χ2v) is 5.69. The smallest absolute Gasteiger partial charge is 0.379 e. The SMILES string of the molecule is FC(F)(F)c1ccc(-n2ncnc2CCCN2CCOCC2)cc1. The van der Waals surface area contributed by atoms with Crippen molar-refractivity contribution in [1.29, 1.82) is 0 Å². The predicted octanol–water partition coefficient (Wildman–Crippen LogP) is 2.55. The van der Waals surface area contributed by atoms with E-state index in [0.717, 1.165) is 63.6 Å². The summed E-state index contributed by atoms with van der Waals surface area (Å²) in [7, 11) is 0. The molecule has 0 radical (unpaired) electrons. The van der Waals surface area contributed by atoms with Crippen molar-refractivity contribution in [2.45, 2.75) is 19.0 Å². The largest absolute Gasteiger partial charge is 0.416 e. The first kappa shape index (κ1) is 16.9. The van der Waals surface area contributed by atoms with Crippen molar-refractivity contribution in [2.24, 2.45) is 0 Å². The molecule has 1 fully saturated rings. The second-order valence-electron chi connectivity index (χ2n) is 5.69. The highest BCUT2D eigenvalue weighted by atomic mass is 19.4. The zero-order valence-electron chi connectivity index (χ0n) is 13.2. The van der Waals surface area contributed by atoms with E-state index in [1.807, 2.05) is 0 Å². The van der Waals surface area contributed by atoms with E-state index in [1.165, 1.54) is 18.5 Å². The van der Waals surface area contributed by atoms with Gasteiger partial charge in [0.25, 0.3) is 0 Å². The Morgan fingerprint density at radius 3 is 2.46 bits per heavy atom. The van der Waals surface area contributed by atoms with Gasteiger partial charge in [0.1, 0.15) is 12.2 Å². The molecular formula is C16H19F3N4O. The van der Waals surface area contributed by atoms with Gasteiger partial charge in [0.2, 0.25) is 0 Å². The van der Waals surface area contributed by atoms with Crippen LogP contribution in [-0.2, 0) is 17.3 Å². The van der Waals surface area contributed by atoms with Gasteiger partial charge < -0.3 is 4.74 Å². The first-order valence-corrected chi connectivity index (χ1v) is 7.91. The molecule has 0 aliphatic carbocycles. The summed E-state index contributed by atoms with van der Waals surface area (Å²) in [6.45, 7) is 4.35. The van der Waals surface area contributed by atoms with Gasteiger partial charge in [-0.15, -0.1) is 0 Å². The third kappa shape index (κ3) is 4.12. The molecular weight excluding hydrogens is 321 g/mol. The summed E-state index contributed by atoms with van der Waals surface area (Å²) in [6, 6.07) is 4.97. The number of aryl methyl sites for hydroxylation is 1. The molecule has 2 heterocycles. The van der Waals surface area contributed by atoms with E-state index in [-0.39, 0.29) is 0 Å². The zero-order chi connectivity index (χ0) is 17.0. The van der Waals surface area contributed by atoms with Gasteiger partial charge >= 0.3 is 6.18 Å². The molecule has 0 N–H and O–H groups in total. The molecule has 1 aliphatic heterocycles. The molecule has 1 aromatic carbocycles. The lowest BCUT2D eigenvalue weighted by Gasteiger charge is -2.26. The molecule has 0 atom stereocenters. The predicted molar refractivity (Wildman–Crippen MR) is 81.9 cm³/mol. The maximum atomic E-state index is 12.6. The fourth-order valence-electron chi connectivity index (χ4n) is 2.73. The van der Waals surface area contributed by atoms with Crippen molar-refractivity contribution in [3.8, 4) is 5.69 Å². The van der Waals surface area contributed by atoms with E-state index in [4.69, 9.17) is 4.74 Å². The molecule has 1 aliphatic rings. The van der Waals surface area contributed by atoms with E-state index < -0.39 is 11.7 Å². The van der Waals surface area contributed by atoms with E-state index in [1.54, 1.807) is 4.68 Å². The monoisotopic (exact) mass is 340 g/mol. The minimum Gasteiger partial charge on any atom is -0.379 e. The van der Waals surface area contributed by atoms with Crippen molar-refractivity contribution in [1.82, 2.24) is 19.7 Å². The number of rotatable bonds is 5. The van der Waals surface area contributed by atoms with Crippen LogP contribution in [0, 0.1) is 0 Å². The fourth-order valence-corrected chi connectivity index (χ4v) is 2.73. The second kappa shape index (κ2) is 7.31. The van der Waals surface area contributed by atoms with Crippen LogP contribution in [0.2, 0.25) is 0 Å². The Bertz CT molecular complexity index is 648. The zero-order valence-corrected chi connectivity index (χ0v) is 13.2. The Morgan fingerprint density at radius 1 is 1.08 bits per heavy atom. The Labute approximate surface area is 138 Å². The third-order valence-electron chi connectivity index (χ3n) is 4.04. The first-order chi connectivity index (χ1) is 11.5. The molecule has 0 bridgehead atoms. The molecule has 0 amide bonds. The van der Waals surface area contributed by atoms with Gasteiger partial charge in [-0.2, -0.15) is 18.3 Å². The van der Waals surface area contributed by atoms with Crippen molar-refractivity contribution < 1.29 is 17.9 Å². The number of halogens is 3. The van der Waals surface area contributed by atoms with E-state index in [0.29, 0.717) is 5.69 Å². The van der Waals surface area contributed by atoms with Crippen LogP contribution in [0.1, 0.15) is 17.8 Å². The topological polar surface area (TPSA) is 43.2 Å². The lowest BCUT2D eigenvalue weighted by atomic mass is 10.2. The van der Waals surface area contributed by atoms with E-state index in [9.17, 15) is 13.2 Å². The maximum Gasteiger partial charge on any atom is 0.416 e. The lowest BCUT2D eigenvalue weighted by Crippen LogP contribution is -2.37. The maximum absolute atomic E-state index is 12.6. The molecule has 0 spiro atoms. The molecule has 5 nitrogen and oxygen atoms in total. The van der Waals surface area contributed by atoms with Gasteiger partial charge in [-0.3, -0.25) is 4.90 Å². The Kier molecular flexibility index (Phi) is 5.15. The normalized spacial score (nSPS) is 16.5. The number of alkyl halides is 3. The van der Waals surface area contributed by atoms with Crippen LogP contribution in [0.25, 0.3) is 5.69 Å². The molecule has 1 aromatic heterocycles. The molecule has 24 heavy (non-hydrogen) atoms. The Balaban J connectivity index is 1.62. The number of hydrogen-bond donors (Lipinski definition) is 0. The van der Waals surface area contributed by atoms with Gasteiger partial charge in [0.15, 0.2) is 0 Å². The molecule has 0 unspecified atom stereocenters. The van der Waals surface area contributed by atoms with Gasteiger partial charge in [0.05, 0.1) is 24.5 Å². The van der Waals surface area contributed by atoms with Crippen molar-refractivity contribution >= 4 is 0 Å². The summed E-state index contributed by atoms with van der Waals surface area (Å²) in [4.78, 5) is 6.57. The lowest BCUT2D eigenvalue weighted by molar-refractivity contribution is -0.137. The van der Waals surface area contributed by atoms with Crippen molar-refractivity contribution in [3.05, 3.63) is 42.0 Å². The van der Waals surface area contributed by atoms with Gasteiger partial charge in [-0.1, -0.05) is 0 Å². The van der Waals surface area contributed by atoms with Crippen molar-refractivity contribution in [3.63, 3.8) is 0 Å². The van der Waals surface area contributed by atoms with Crippen LogP contribution in [0.4, 0.5) is 13.2 Å². The number of nitrogens with zero attached hydrogens (tertiary/aromatic N) is 4. The van der Waals surface area contributed by atoms with Crippen LogP contribution in [0.3, 0.4) is 0 Å². The Hall–Kier alpha value is -1.93. The summed E-state index contributed by atoms with van der Waals surface area (Å²) >= 11 is 0. The highest BCUT2D eigenvalue weighted by molar-refractivity contribution is 5.35. The van der Waals surface area contributed by atoms with E-state index in [2.05, 4.69) is 15.0 Å². The van der Waals surface area contributed by atoms with Crippen LogP contribution < -0.4 is 0 Å². The molecule has 8 heteroatoms. The number of morpholine rings is 1. The number of aromatic nitrogens is 3. The highest BCUT2D eigenvalue weighted by Gasteiger charge is 2.30. The molecule has 1 saturated heterocycles. The molecule has 130 valence electrons. The Morgan fingerprint density at radius 2 is 1.79 bits per heavy atom. The molecule has 2 aromatic rings. The van der Waals surface area contributed by atoms with Crippen LogP contribution >= 0.6 is 0 Å². The summed E-state index contributed by atoms with van der Waals surface area (Å²) in [5.74, 6) is 0.753. The number of benzene rings is 1. The average Bonchev–Trinajstić information content (AvgIpc) is 3.04. The third-order valence-corrected chi connectivity index (χ3v) is 4.04. The molecule has 3 rings (SSSR count).